The first-order valence-corrected chi connectivity index (χ1v) is 6.04. The number of ketones is 1. The van der Waals surface area contributed by atoms with Crippen LogP contribution in [-0.2, 0) is 7.05 Å². The van der Waals surface area contributed by atoms with E-state index in [0.29, 0.717) is 5.82 Å². The molecule has 88 valence electrons. The van der Waals surface area contributed by atoms with Gasteiger partial charge in [0.1, 0.15) is 0 Å². The number of imidazole rings is 1. The number of hydrogen-bond acceptors (Lipinski definition) is 2. The highest BCUT2D eigenvalue weighted by molar-refractivity contribution is 5.95. The minimum absolute atomic E-state index is 0.126. The maximum absolute atomic E-state index is 12.4. The molecular formula is C13H20N2O. The molecule has 0 aliphatic heterocycles. The Balaban J connectivity index is 2.24. The highest BCUT2D eigenvalue weighted by Crippen LogP contribution is 2.41. The molecule has 0 bridgehead atoms. The monoisotopic (exact) mass is 220 g/mol. The molecule has 1 fully saturated rings. The SMILES string of the molecule is Cn1ccnc1C(=O)C1CCCCC1(C)C. The van der Waals surface area contributed by atoms with Crippen LogP contribution in [0.5, 0.6) is 0 Å². The maximum atomic E-state index is 12.4. The lowest BCUT2D eigenvalue weighted by molar-refractivity contribution is 0.0683. The number of nitrogens with zero attached hydrogens (tertiary/aromatic N) is 2. The standard InChI is InChI=1S/C13H20N2O/c1-13(2)7-5-4-6-10(13)11(16)12-14-8-9-15(12)3/h8-10H,4-7H2,1-3H3. The summed E-state index contributed by atoms with van der Waals surface area (Å²) in [5, 5.41) is 0. The number of carbonyl (C=O) groups is 1. The highest BCUT2D eigenvalue weighted by atomic mass is 16.1. The average Bonchev–Trinajstić information content (AvgIpc) is 2.63. The summed E-state index contributed by atoms with van der Waals surface area (Å²) >= 11 is 0. The lowest BCUT2D eigenvalue weighted by atomic mass is 9.67. The Kier molecular flexibility index (Phi) is 2.87. The largest absolute Gasteiger partial charge is 0.332 e. The van der Waals surface area contributed by atoms with Gasteiger partial charge in [0, 0.05) is 25.4 Å². The van der Waals surface area contributed by atoms with Crippen molar-refractivity contribution < 1.29 is 4.79 Å². The van der Waals surface area contributed by atoms with Gasteiger partial charge in [0.25, 0.3) is 0 Å². The molecule has 3 heteroatoms. The Morgan fingerprint density at radius 3 is 2.81 bits per heavy atom. The molecule has 1 unspecified atom stereocenters. The van der Waals surface area contributed by atoms with Crippen molar-refractivity contribution in [1.82, 2.24) is 9.55 Å². The zero-order valence-corrected chi connectivity index (χ0v) is 10.4. The highest BCUT2D eigenvalue weighted by Gasteiger charge is 2.38. The van der Waals surface area contributed by atoms with Crippen molar-refractivity contribution >= 4 is 5.78 Å². The second-order valence-electron chi connectivity index (χ2n) is 5.51. The van der Waals surface area contributed by atoms with E-state index < -0.39 is 0 Å². The number of aryl methyl sites for hydroxylation is 1. The maximum Gasteiger partial charge on any atom is 0.201 e. The van der Waals surface area contributed by atoms with Gasteiger partial charge in [-0.3, -0.25) is 4.79 Å². The van der Waals surface area contributed by atoms with Gasteiger partial charge < -0.3 is 4.57 Å². The van der Waals surface area contributed by atoms with Crippen molar-refractivity contribution in [3.63, 3.8) is 0 Å². The van der Waals surface area contributed by atoms with Gasteiger partial charge in [0.2, 0.25) is 5.78 Å². The van der Waals surface area contributed by atoms with E-state index in [1.165, 1.54) is 12.8 Å². The van der Waals surface area contributed by atoms with Crippen molar-refractivity contribution in [2.75, 3.05) is 0 Å². The van der Waals surface area contributed by atoms with E-state index in [2.05, 4.69) is 18.8 Å². The van der Waals surface area contributed by atoms with Crippen LogP contribution in [0.2, 0.25) is 0 Å². The van der Waals surface area contributed by atoms with Crippen molar-refractivity contribution in [3.05, 3.63) is 18.2 Å². The fraction of sp³-hybridized carbons (Fsp3) is 0.692. The molecule has 16 heavy (non-hydrogen) atoms. The molecular weight excluding hydrogens is 200 g/mol. The first kappa shape index (κ1) is 11.4. The van der Waals surface area contributed by atoms with Crippen LogP contribution in [0.25, 0.3) is 0 Å². The summed E-state index contributed by atoms with van der Waals surface area (Å²) in [5.74, 6) is 0.972. The van der Waals surface area contributed by atoms with Crippen LogP contribution in [0.4, 0.5) is 0 Å². The van der Waals surface area contributed by atoms with Crippen molar-refractivity contribution in [2.45, 2.75) is 39.5 Å². The molecule has 0 N–H and O–H groups in total. The number of hydrogen-bond donors (Lipinski definition) is 0. The molecule has 1 aliphatic rings. The van der Waals surface area contributed by atoms with Gasteiger partial charge in [-0.1, -0.05) is 26.7 Å². The molecule has 0 aromatic carbocycles. The molecule has 1 atom stereocenters. The van der Waals surface area contributed by atoms with Crippen LogP contribution in [0.1, 0.15) is 50.1 Å². The summed E-state index contributed by atoms with van der Waals surface area (Å²) in [7, 11) is 1.88. The normalized spacial score (nSPS) is 24.3. The molecule has 1 aromatic heterocycles. The predicted octanol–water partition coefficient (Wildman–Crippen LogP) is 2.82. The van der Waals surface area contributed by atoms with Crippen LogP contribution < -0.4 is 0 Å². The van der Waals surface area contributed by atoms with E-state index in [1.54, 1.807) is 6.20 Å². The van der Waals surface area contributed by atoms with E-state index >= 15 is 0 Å². The lowest BCUT2D eigenvalue weighted by Gasteiger charge is -2.37. The number of carbonyl (C=O) groups excluding carboxylic acids is 1. The molecule has 3 nitrogen and oxygen atoms in total. The number of aromatic nitrogens is 2. The molecule has 0 amide bonds. The van der Waals surface area contributed by atoms with Crippen LogP contribution >= 0.6 is 0 Å². The van der Waals surface area contributed by atoms with Crippen molar-refractivity contribution in [1.29, 1.82) is 0 Å². The molecule has 1 saturated carbocycles. The topological polar surface area (TPSA) is 34.9 Å². The van der Waals surface area contributed by atoms with Gasteiger partial charge in [0.05, 0.1) is 0 Å². The fourth-order valence-corrected chi connectivity index (χ4v) is 2.74. The molecule has 0 saturated heterocycles. The molecule has 1 heterocycles. The van der Waals surface area contributed by atoms with Gasteiger partial charge in [-0.15, -0.1) is 0 Å². The van der Waals surface area contributed by atoms with E-state index in [9.17, 15) is 4.79 Å². The summed E-state index contributed by atoms with van der Waals surface area (Å²) in [4.78, 5) is 16.6. The number of Topliss-reactive ketones (excluding diaryl/α,β-unsaturated/α-hetero) is 1. The van der Waals surface area contributed by atoms with Crippen LogP contribution in [0.3, 0.4) is 0 Å². The minimum Gasteiger partial charge on any atom is -0.332 e. The first-order chi connectivity index (χ1) is 7.52. The van der Waals surface area contributed by atoms with Gasteiger partial charge >= 0.3 is 0 Å². The smallest absolute Gasteiger partial charge is 0.201 e. The van der Waals surface area contributed by atoms with Gasteiger partial charge in [-0.05, 0) is 18.3 Å². The minimum atomic E-state index is 0.126. The van der Waals surface area contributed by atoms with Crippen LogP contribution in [-0.4, -0.2) is 15.3 Å². The Hall–Kier alpha value is -1.12. The molecule has 1 aromatic rings. The molecule has 0 spiro atoms. The molecule has 0 radical (unpaired) electrons. The third-order valence-corrected chi connectivity index (χ3v) is 3.87. The third kappa shape index (κ3) is 1.91. The average molecular weight is 220 g/mol. The third-order valence-electron chi connectivity index (χ3n) is 3.87. The zero-order valence-electron chi connectivity index (χ0n) is 10.4. The van der Waals surface area contributed by atoms with Crippen molar-refractivity contribution in [2.24, 2.45) is 18.4 Å². The second kappa shape index (κ2) is 4.04. The van der Waals surface area contributed by atoms with E-state index in [1.807, 2.05) is 17.8 Å². The Morgan fingerprint density at radius 2 is 2.25 bits per heavy atom. The Bertz CT molecular complexity index is 392. The summed E-state index contributed by atoms with van der Waals surface area (Å²) in [6, 6.07) is 0. The molecule has 1 aliphatic carbocycles. The zero-order chi connectivity index (χ0) is 11.8. The first-order valence-electron chi connectivity index (χ1n) is 6.04. The Labute approximate surface area is 96.9 Å². The lowest BCUT2D eigenvalue weighted by Crippen LogP contribution is -2.35. The second-order valence-corrected chi connectivity index (χ2v) is 5.51. The van der Waals surface area contributed by atoms with Gasteiger partial charge in [-0.25, -0.2) is 4.98 Å². The van der Waals surface area contributed by atoms with E-state index in [-0.39, 0.29) is 17.1 Å². The van der Waals surface area contributed by atoms with E-state index in [0.717, 1.165) is 12.8 Å². The van der Waals surface area contributed by atoms with Gasteiger partial charge in [-0.2, -0.15) is 0 Å². The molecule has 2 rings (SSSR count). The fourth-order valence-electron chi connectivity index (χ4n) is 2.74. The summed E-state index contributed by atoms with van der Waals surface area (Å²) in [6.07, 6.45) is 8.11. The summed E-state index contributed by atoms with van der Waals surface area (Å²) < 4.78 is 1.83. The number of rotatable bonds is 2. The van der Waals surface area contributed by atoms with Crippen LogP contribution in [0, 0.1) is 11.3 Å². The Morgan fingerprint density at radius 1 is 1.50 bits per heavy atom. The van der Waals surface area contributed by atoms with Crippen LogP contribution in [0.15, 0.2) is 12.4 Å². The quantitative estimate of drug-likeness (QED) is 0.718. The predicted molar refractivity (Wildman–Crippen MR) is 63.3 cm³/mol. The summed E-state index contributed by atoms with van der Waals surface area (Å²) in [6.45, 7) is 4.41. The van der Waals surface area contributed by atoms with Crippen molar-refractivity contribution in [3.8, 4) is 0 Å². The van der Waals surface area contributed by atoms with E-state index in [4.69, 9.17) is 0 Å². The van der Waals surface area contributed by atoms with Gasteiger partial charge in [0.15, 0.2) is 5.82 Å². The summed E-state index contributed by atoms with van der Waals surface area (Å²) in [5.41, 5.74) is 0.126.